The highest BCUT2D eigenvalue weighted by atomic mass is 32.1. The van der Waals surface area contributed by atoms with Gasteiger partial charge in [0.25, 0.3) is 5.91 Å². The van der Waals surface area contributed by atoms with Crippen LogP contribution in [-0.4, -0.2) is 15.9 Å². The van der Waals surface area contributed by atoms with Gasteiger partial charge in [0.1, 0.15) is 10.8 Å². The van der Waals surface area contributed by atoms with Crippen molar-refractivity contribution in [2.75, 3.05) is 10.6 Å². The molecule has 4 rings (SSSR count). The number of hydrogen-bond acceptors (Lipinski definition) is 6. The Bertz CT molecular complexity index is 1180. The molecule has 0 fully saturated rings. The van der Waals surface area contributed by atoms with E-state index < -0.39 is 6.04 Å². The molecule has 1 aromatic carbocycles. The van der Waals surface area contributed by atoms with Crippen LogP contribution in [0.5, 0.6) is 0 Å². The molecule has 3 heterocycles. The van der Waals surface area contributed by atoms with Crippen molar-refractivity contribution in [3.63, 3.8) is 0 Å². The molecule has 0 aliphatic heterocycles. The number of nitrogens with one attached hydrogen (secondary N) is 2. The van der Waals surface area contributed by atoms with E-state index in [0.29, 0.717) is 10.9 Å². The highest BCUT2D eigenvalue weighted by molar-refractivity contribution is 7.16. The Morgan fingerprint density at radius 2 is 1.77 bits per heavy atom. The first-order valence-electron chi connectivity index (χ1n) is 9.68. The van der Waals surface area contributed by atoms with Crippen LogP contribution in [0, 0.1) is 26.6 Å². The van der Waals surface area contributed by atoms with Crippen LogP contribution < -0.4 is 10.6 Å². The molecule has 1 atom stereocenters. The van der Waals surface area contributed by atoms with Crippen LogP contribution in [-0.2, 0) is 0 Å². The summed E-state index contributed by atoms with van der Waals surface area (Å²) in [4.78, 5) is 22.6. The zero-order chi connectivity index (χ0) is 22.0. The number of carbonyl (C=O) groups is 1. The minimum Gasteiger partial charge on any atom is -0.459 e. The van der Waals surface area contributed by atoms with Gasteiger partial charge in [0.2, 0.25) is 5.95 Å². The number of hydrogen-bond donors (Lipinski definition) is 2. The average molecular weight is 437 g/mol. The van der Waals surface area contributed by atoms with Gasteiger partial charge in [-0.2, -0.15) is 0 Å². The standard InChI is InChI=1S/C23H21FN4O2S/c1-13-11-14(2)26-23(25-13)27-20(16-6-8-17(24)9-7-16)18-12-15(3)31-22(18)28-21(29)19-5-4-10-30-19/h4-12,20H,1-3H3,(H,28,29)(H,25,26,27)/t20-/m0/s1. The SMILES string of the molecule is Cc1cc(C)nc(N[C@@H](c2ccc(F)cc2)c2cc(C)sc2NC(=O)c2ccco2)n1. The highest BCUT2D eigenvalue weighted by Crippen LogP contribution is 2.37. The molecule has 3 aromatic heterocycles. The molecule has 4 aromatic rings. The van der Waals surface area contributed by atoms with Gasteiger partial charge in [-0.3, -0.25) is 4.79 Å². The number of amides is 1. The van der Waals surface area contributed by atoms with Crippen LogP contribution >= 0.6 is 11.3 Å². The molecule has 0 bridgehead atoms. The van der Waals surface area contributed by atoms with Crippen molar-refractivity contribution in [1.82, 2.24) is 9.97 Å². The Morgan fingerprint density at radius 1 is 1.06 bits per heavy atom. The Kier molecular flexibility index (Phi) is 5.81. The van der Waals surface area contributed by atoms with Crippen molar-refractivity contribution in [2.24, 2.45) is 0 Å². The Labute approximate surface area is 183 Å². The predicted octanol–water partition coefficient (Wildman–Crippen LogP) is 5.65. The van der Waals surface area contributed by atoms with Gasteiger partial charge in [-0.1, -0.05) is 12.1 Å². The number of rotatable bonds is 6. The molecule has 0 saturated heterocycles. The first-order valence-corrected chi connectivity index (χ1v) is 10.5. The molecule has 1 amide bonds. The summed E-state index contributed by atoms with van der Waals surface area (Å²) in [5, 5.41) is 6.97. The van der Waals surface area contributed by atoms with Gasteiger partial charge in [-0.15, -0.1) is 11.3 Å². The van der Waals surface area contributed by atoms with Gasteiger partial charge in [0.15, 0.2) is 5.76 Å². The molecule has 0 spiro atoms. The zero-order valence-electron chi connectivity index (χ0n) is 17.3. The number of halogens is 1. The predicted molar refractivity (Wildman–Crippen MR) is 119 cm³/mol. The summed E-state index contributed by atoms with van der Waals surface area (Å²) in [5.41, 5.74) is 3.31. The Balaban J connectivity index is 1.74. The quantitative estimate of drug-likeness (QED) is 0.408. The van der Waals surface area contributed by atoms with Gasteiger partial charge in [0, 0.05) is 21.8 Å². The lowest BCUT2D eigenvalue weighted by Gasteiger charge is -2.21. The normalized spacial score (nSPS) is 11.9. The van der Waals surface area contributed by atoms with Gasteiger partial charge in [-0.05, 0) is 62.7 Å². The van der Waals surface area contributed by atoms with E-state index in [1.807, 2.05) is 32.9 Å². The number of thiophene rings is 1. The summed E-state index contributed by atoms with van der Waals surface area (Å²) in [6, 6.07) is 13.0. The molecule has 0 aliphatic rings. The third-order valence-electron chi connectivity index (χ3n) is 4.63. The van der Waals surface area contributed by atoms with E-state index >= 15 is 0 Å². The van der Waals surface area contributed by atoms with Crippen LogP contribution in [0.2, 0.25) is 0 Å². The number of aryl methyl sites for hydroxylation is 3. The molecule has 8 heteroatoms. The fraction of sp³-hybridized carbons (Fsp3) is 0.174. The average Bonchev–Trinajstić information content (AvgIpc) is 3.36. The smallest absolute Gasteiger partial charge is 0.291 e. The summed E-state index contributed by atoms with van der Waals surface area (Å²) < 4.78 is 18.8. The van der Waals surface area contributed by atoms with E-state index in [1.165, 1.54) is 29.7 Å². The van der Waals surface area contributed by atoms with Crippen molar-refractivity contribution in [3.8, 4) is 0 Å². The van der Waals surface area contributed by atoms with Gasteiger partial charge in [0.05, 0.1) is 12.3 Å². The minimum absolute atomic E-state index is 0.223. The number of benzene rings is 1. The second-order valence-electron chi connectivity index (χ2n) is 7.18. The summed E-state index contributed by atoms with van der Waals surface area (Å²) in [7, 11) is 0. The van der Waals surface area contributed by atoms with E-state index in [0.717, 1.165) is 27.4 Å². The van der Waals surface area contributed by atoms with Gasteiger partial charge >= 0.3 is 0 Å². The van der Waals surface area contributed by atoms with Crippen molar-refractivity contribution >= 4 is 28.2 Å². The topological polar surface area (TPSA) is 80.0 Å². The lowest BCUT2D eigenvalue weighted by molar-refractivity contribution is 0.0997. The zero-order valence-corrected chi connectivity index (χ0v) is 18.1. The van der Waals surface area contributed by atoms with E-state index in [1.54, 1.807) is 24.3 Å². The molecule has 0 unspecified atom stereocenters. The fourth-order valence-electron chi connectivity index (χ4n) is 3.33. The maximum Gasteiger partial charge on any atom is 0.291 e. The summed E-state index contributed by atoms with van der Waals surface area (Å²) in [6.45, 7) is 5.76. The molecule has 158 valence electrons. The summed E-state index contributed by atoms with van der Waals surface area (Å²) >= 11 is 1.45. The molecular formula is C23H21FN4O2S. The van der Waals surface area contributed by atoms with Crippen molar-refractivity contribution < 1.29 is 13.6 Å². The highest BCUT2D eigenvalue weighted by Gasteiger charge is 2.23. The molecule has 2 N–H and O–H groups in total. The van der Waals surface area contributed by atoms with Crippen molar-refractivity contribution in [3.05, 3.63) is 93.8 Å². The number of aromatic nitrogens is 2. The fourth-order valence-corrected chi connectivity index (χ4v) is 4.28. The van der Waals surface area contributed by atoms with Crippen LogP contribution in [0.3, 0.4) is 0 Å². The van der Waals surface area contributed by atoms with E-state index in [-0.39, 0.29) is 17.5 Å². The summed E-state index contributed by atoms with van der Waals surface area (Å²) in [5.74, 6) is 0.0199. The van der Waals surface area contributed by atoms with Gasteiger partial charge < -0.3 is 15.1 Å². The minimum atomic E-state index is -0.404. The Hall–Kier alpha value is -3.52. The monoisotopic (exact) mass is 436 g/mol. The number of carbonyl (C=O) groups excluding carboxylic acids is 1. The number of anilines is 2. The molecule has 0 saturated carbocycles. The van der Waals surface area contributed by atoms with Crippen molar-refractivity contribution in [2.45, 2.75) is 26.8 Å². The maximum atomic E-state index is 13.6. The molecule has 0 radical (unpaired) electrons. The van der Waals surface area contributed by atoms with E-state index in [2.05, 4.69) is 20.6 Å². The molecule has 6 nitrogen and oxygen atoms in total. The molecular weight excluding hydrogens is 415 g/mol. The van der Waals surface area contributed by atoms with Crippen LogP contribution in [0.25, 0.3) is 0 Å². The third-order valence-corrected chi connectivity index (χ3v) is 5.61. The first kappa shape index (κ1) is 20.7. The number of nitrogens with zero attached hydrogens (tertiary/aromatic N) is 2. The Morgan fingerprint density at radius 3 is 2.42 bits per heavy atom. The largest absolute Gasteiger partial charge is 0.459 e. The van der Waals surface area contributed by atoms with E-state index in [4.69, 9.17) is 4.42 Å². The van der Waals surface area contributed by atoms with Crippen LogP contribution in [0.15, 0.2) is 59.2 Å². The van der Waals surface area contributed by atoms with Crippen LogP contribution in [0.4, 0.5) is 15.3 Å². The lowest BCUT2D eigenvalue weighted by atomic mass is 10.00. The molecule has 31 heavy (non-hydrogen) atoms. The second-order valence-corrected chi connectivity index (χ2v) is 8.43. The van der Waals surface area contributed by atoms with E-state index in [9.17, 15) is 9.18 Å². The van der Waals surface area contributed by atoms with Crippen LogP contribution in [0.1, 0.15) is 44.0 Å². The molecule has 0 aliphatic carbocycles. The first-order chi connectivity index (χ1) is 14.9. The van der Waals surface area contributed by atoms with Gasteiger partial charge in [-0.25, -0.2) is 14.4 Å². The van der Waals surface area contributed by atoms with Crippen molar-refractivity contribution in [1.29, 1.82) is 0 Å². The third kappa shape index (κ3) is 4.80. The number of furan rings is 1. The lowest BCUT2D eigenvalue weighted by Crippen LogP contribution is -2.18. The maximum absolute atomic E-state index is 13.6. The second kappa shape index (κ2) is 8.69. The summed E-state index contributed by atoms with van der Waals surface area (Å²) in [6.07, 6.45) is 1.45.